The lowest BCUT2D eigenvalue weighted by molar-refractivity contribution is 0.0731. The van der Waals surface area contributed by atoms with Crippen molar-refractivity contribution in [3.05, 3.63) is 36.4 Å². The Bertz CT molecular complexity index is 1140. The number of hydrogen-bond donors (Lipinski definition) is 1. The fraction of sp³-hybridized carbons (Fsp3) is 0.333. The number of nitrogens with one attached hydrogen (secondary N) is 1. The molecule has 10 heteroatoms. The summed E-state index contributed by atoms with van der Waals surface area (Å²) in [7, 11) is 3.50. The van der Waals surface area contributed by atoms with Gasteiger partial charge in [-0.25, -0.2) is 17.8 Å². The van der Waals surface area contributed by atoms with Crippen molar-refractivity contribution in [2.45, 2.75) is 12.0 Å². The molecule has 0 radical (unpaired) electrons. The van der Waals surface area contributed by atoms with Gasteiger partial charge in [-0.05, 0) is 6.07 Å². The lowest BCUT2D eigenvalue weighted by atomic mass is 9.89. The minimum absolute atomic E-state index is 0.260. The molecule has 1 atom stereocenters. The molecule has 1 aliphatic heterocycles. The van der Waals surface area contributed by atoms with Crippen molar-refractivity contribution in [3.8, 4) is 23.3 Å². The van der Waals surface area contributed by atoms with E-state index in [4.69, 9.17) is 0 Å². The quantitative estimate of drug-likeness (QED) is 0.701. The molecule has 0 aliphatic carbocycles. The predicted octanol–water partition coefficient (Wildman–Crippen LogP) is 1.36. The third kappa shape index (κ3) is 2.79. The van der Waals surface area contributed by atoms with E-state index in [-0.39, 0.29) is 6.42 Å². The minimum atomic E-state index is -1.24. The van der Waals surface area contributed by atoms with E-state index >= 15 is 0 Å². The van der Waals surface area contributed by atoms with Crippen LogP contribution < -0.4 is 0 Å². The first kappa shape index (κ1) is 18.3. The Morgan fingerprint density at radius 3 is 2.82 bits per heavy atom. The summed E-state index contributed by atoms with van der Waals surface area (Å²) in [5.41, 5.74) is 2.18. The Kier molecular flexibility index (Phi) is 4.47. The highest BCUT2D eigenvalue weighted by Crippen LogP contribution is 2.36. The molecule has 1 unspecified atom stereocenters. The van der Waals surface area contributed by atoms with Crippen molar-refractivity contribution in [2.75, 3.05) is 27.2 Å². The lowest BCUT2D eigenvalue weighted by Gasteiger charge is -2.48. The number of rotatable bonds is 5. The van der Waals surface area contributed by atoms with Crippen LogP contribution in [0.5, 0.6) is 0 Å². The Morgan fingerprint density at radius 1 is 1.36 bits per heavy atom. The van der Waals surface area contributed by atoms with E-state index in [2.05, 4.69) is 27.2 Å². The maximum atomic E-state index is 12.3. The van der Waals surface area contributed by atoms with Crippen LogP contribution in [0.25, 0.3) is 22.2 Å². The second kappa shape index (κ2) is 6.84. The van der Waals surface area contributed by atoms with E-state index < -0.39 is 16.7 Å². The fourth-order valence-electron chi connectivity index (χ4n) is 3.55. The number of pyridine rings is 1. The highest BCUT2D eigenvalue weighted by Gasteiger charge is 2.48. The number of nitrogens with zero attached hydrogens (tertiary/aromatic N) is 7. The van der Waals surface area contributed by atoms with Crippen LogP contribution in [0.2, 0.25) is 0 Å². The van der Waals surface area contributed by atoms with Gasteiger partial charge in [0.1, 0.15) is 17.3 Å². The summed E-state index contributed by atoms with van der Waals surface area (Å²) in [6.07, 6.45) is 7.14. The normalized spacial score (nSPS) is 17.2. The van der Waals surface area contributed by atoms with Crippen LogP contribution in [0.4, 0.5) is 0 Å². The molecule has 3 aromatic rings. The molecule has 3 aromatic heterocycles. The van der Waals surface area contributed by atoms with Crippen LogP contribution >= 0.6 is 0 Å². The van der Waals surface area contributed by atoms with Crippen LogP contribution in [-0.2, 0) is 16.7 Å². The standard InChI is InChI=1S/C18H18N8OS/c1-24(2)28(27)25-11-18(12-25,4-5-19)26-10-14(9-23-26)16-13(7-20)8-22-17-15(16)3-6-21-17/h3,6,8-10H,4,11-12H2,1-2H3,(H,21,22). The van der Waals surface area contributed by atoms with Gasteiger partial charge in [0.05, 0.1) is 24.3 Å². The highest BCUT2D eigenvalue weighted by molar-refractivity contribution is 7.80. The molecule has 142 valence electrons. The zero-order valence-electron chi connectivity index (χ0n) is 15.5. The summed E-state index contributed by atoms with van der Waals surface area (Å²) in [6.45, 7) is 0.932. The minimum Gasteiger partial charge on any atom is -0.346 e. The third-order valence-electron chi connectivity index (χ3n) is 4.95. The molecular formula is C18H18N8OS. The van der Waals surface area contributed by atoms with Gasteiger partial charge in [0.2, 0.25) is 0 Å². The first-order chi connectivity index (χ1) is 13.5. The van der Waals surface area contributed by atoms with Crippen molar-refractivity contribution in [3.63, 3.8) is 0 Å². The summed E-state index contributed by atoms with van der Waals surface area (Å²) in [5.74, 6) is 0. The smallest absolute Gasteiger partial charge is 0.172 e. The first-order valence-electron chi connectivity index (χ1n) is 8.62. The summed E-state index contributed by atoms with van der Waals surface area (Å²) < 4.78 is 17.5. The van der Waals surface area contributed by atoms with Gasteiger partial charge in [-0.15, -0.1) is 0 Å². The first-order valence-corrected chi connectivity index (χ1v) is 9.68. The molecule has 1 fully saturated rings. The summed E-state index contributed by atoms with van der Waals surface area (Å²) in [5, 5.41) is 24.2. The zero-order chi connectivity index (χ0) is 19.9. The molecule has 4 rings (SSSR count). The molecule has 0 saturated carbocycles. The Morgan fingerprint density at radius 2 is 2.14 bits per heavy atom. The van der Waals surface area contributed by atoms with Crippen LogP contribution in [-0.4, -0.2) is 59.8 Å². The maximum Gasteiger partial charge on any atom is 0.172 e. The molecule has 0 amide bonds. The van der Waals surface area contributed by atoms with E-state index in [0.29, 0.717) is 24.3 Å². The highest BCUT2D eigenvalue weighted by atomic mass is 32.2. The molecule has 28 heavy (non-hydrogen) atoms. The second-order valence-electron chi connectivity index (χ2n) is 6.97. The SMILES string of the molecule is CN(C)S(=O)N1CC(CC#N)(n2cc(-c3c(C#N)cnc4[nH]ccc34)cn2)C1. The van der Waals surface area contributed by atoms with Crippen molar-refractivity contribution < 1.29 is 4.21 Å². The number of nitriles is 2. The summed E-state index contributed by atoms with van der Waals surface area (Å²) >= 11 is -1.24. The molecule has 4 heterocycles. The molecule has 0 spiro atoms. The number of aromatic amines is 1. The third-order valence-corrected chi connectivity index (χ3v) is 6.27. The van der Waals surface area contributed by atoms with E-state index in [1.165, 1.54) is 0 Å². The van der Waals surface area contributed by atoms with E-state index in [1.54, 1.807) is 46.0 Å². The van der Waals surface area contributed by atoms with Crippen LogP contribution in [0.15, 0.2) is 30.9 Å². The number of fused-ring (bicyclic) bond motifs is 1. The van der Waals surface area contributed by atoms with Gasteiger partial charge in [-0.1, -0.05) is 0 Å². The zero-order valence-corrected chi connectivity index (χ0v) is 16.3. The predicted molar refractivity (Wildman–Crippen MR) is 104 cm³/mol. The van der Waals surface area contributed by atoms with Crippen LogP contribution in [0.1, 0.15) is 12.0 Å². The molecular weight excluding hydrogens is 376 g/mol. The summed E-state index contributed by atoms with van der Waals surface area (Å²) in [4.78, 5) is 7.32. The Balaban J connectivity index is 1.72. The van der Waals surface area contributed by atoms with Crippen molar-refractivity contribution >= 4 is 22.2 Å². The Hall–Kier alpha value is -3.05. The van der Waals surface area contributed by atoms with Crippen molar-refractivity contribution in [1.82, 2.24) is 28.4 Å². The van der Waals surface area contributed by atoms with Gasteiger partial charge < -0.3 is 4.98 Å². The van der Waals surface area contributed by atoms with Gasteiger partial charge in [0.15, 0.2) is 11.2 Å². The largest absolute Gasteiger partial charge is 0.346 e. The number of H-pyrrole nitrogens is 1. The van der Waals surface area contributed by atoms with E-state index in [9.17, 15) is 14.7 Å². The number of aromatic nitrogens is 4. The van der Waals surface area contributed by atoms with E-state index in [0.717, 1.165) is 16.5 Å². The molecule has 1 aliphatic rings. The van der Waals surface area contributed by atoms with E-state index in [1.807, 2.05) is 12.3 Å². The van der Waals surface area contributed by atoms with Gasteiger partial charge in [0, 0.05) is 62.3 Å². The van der Waals surface area contributed by atoms with Gasteiger partial charge >= 0.3 is 0 Å². The van der Waals surface area contributed by atoms with Crippen LogP contribution in [0.3, 0.4) is 0 Å². The molecule has 1 saturated heterocycles. The Labute approximate surface area is 164 Å². The maximum absolute atomic E-state index is 12.3. The van der Waals surface area contributed by atoms with Crippen LogP contribution in [0, 0.1) is 22.7 Å². The molecule has 0 aromatic carbocycles. The number of hydrogen-bond acceptors (Lipinski definition) is 5. The topological polar surface area (TPSA) is 118 Å². The summed E-state index contributed by atoms with van der Waals surface area (Å²) in [6, 6.07) is 6.30. The second-order valence-corrected chi connectivity index (χ2v) is 8.68. The van der Waals surface area contributed by atoms with Gasteiger partial charge in [-0.3, -0.25) is 4.68 Å². The lowest BCUT2D eigenvalue weighted by Crippen LogP contribution is -2.64. The van der Waals surface area contributed by atoms with Crippen molar-refractivity contribution in [1.29, 1.82) is 10.5 Å². The average molecular weight is 394 g/mol. The average Bonchev–Trinajstić information content (AvgIpc) is 3.32. The molecule has 0 bridgehead atoms. The molecule has 9 nitrogen and oxygen atoms in total. The van der Waals surface area contributed by atoms with Crippen molar-refractivity contribution in [2.24, 2.45) is 0 Å². The van der Waals surface area contributed by atoms with Gasteiger partial charge in [0.25, 0.3) is 0 Å². The molecule has 1 N–H and O–H groups in total. The fourth-order valence-corrected chi connectivity index (χ4v) is 4.71. The monoisotopic (exact) mass is 394 g/mol. The van der Waals surface area contributed by atoms with Gasteiger partial charge in [-0.2, -0.15) is 15.6 Å².